The molecule has 0 atom stereocenters. The van der Waals surface area contributed by atoms with Gasteiger partial charge in [-0.1, -0.05) is 6.07 Å². The van der Waals surface area contributed by atoms with Crippen LogP contribution in [0, 0.1) is 5.82 Å². The number of rotatable bonds is 3. The second-order valence-corrected chi connectivity index (χ2v) is 4.67. The SMILES string of the molecule is NC1CCN(CC(=O)Nc2cccc(F)c2)CC1. The van der Waals surface area contributed by atoms with E-state index >= 15 is 0 Å². The fourth-order valence-corrected chi connectivity index (χ4v) is 2.08. The van der Waals surface area contributed by atoms with E-state index in [1.54, 1.807) is 12.1 Å². The van der Waals surface area contributed by atoms with Crippen LogP contribution in [0.5, 0.6) is 0 Å². The monoisotopic (exact) mass is 251 g/mol. The number of hydrogen-bond donors (Lipinski definition) is 2. The van der Waals surface area contributed by atoms with E-state index in [1.807, 2.05) is 0 Å². The van der Waals surface area contributed by atoms with Crippen LogP contribution in [0.1, 0.15) is 12.8 Å². The molecule has 0 unspecified atom stereocenters. The predicted octanol–water partition coefficient (Wildman–Crippen LogP) is 1.19. The van der Waals surface area contributed by atoms with Crippen LogP contribution in [0.4, 0.5) is 10.1 Å². The lowest BCUT2D eigenvalue weighted by atomic mass is 10.1. The number of nitrogens with one attached hydrogen (secondary N) is 1. The van der Waals surface area contributed by atoms with Gasteiger partial charge in [0.05, 0.1) is 6.54 Å². The van der Waals surface area contributed by atoms with E-state index in [-0.39, 0.29) is 17.8 Å². The standard InChI is InChI=1S/C13H18FN3O/c14-10-2-1-3-12(8-10)16-13(18)9-17-6-4-11(15)5-7-17/h1-3,8,11H,4-7,9,15H2,(H,16,18). The minimum atomic E-state index is -0.350. The molecule has 0 saturated carbocycles. The maximum absolute atomic E-state index is 12.9. The highest BCUT2D eigenvalue weighted by atomic mass is 19.1. The quantitative estimate of drug-likeness (QED) is 0.848. The molecule has 98 valence electrons. The third-order valence-corrected chi connectivity index (χ3v) is 3.11. The van der Waals surface area contributed by atoms with Crippen molar-refractivity contribution in [1.29, 1.82) is 0 Å². The average molecular weight is 251 g/mol. The fourth-order valence-electron chi connectivity index (χ4n) is 2.08. The van der Waals surface area contributed by atoms with Gasteiger partial charge < -0.3 is 11.1 Å². The van der Waals surface area contributed by atoms with Gasteiger partial charge in [0.15, 0.2) is 0 Å². The lowest BCUT2D eigenvalue weighted by Gasteiger charge is -2.29. The molecule has 1 aromatic carbocycles. The van der Waals surface area contributed by atoms with Crippen LogP contribution < -0.4 is 11.1 Å². The Hall–Kier alpha value is -1.46. The molecule has 0 spiro atoms. The summed E-state index contributed by atoms with van der Waals surface area (Å²) in [6.45, 7) is 2.03. The van der Waals surface area contributed by atoms with Crippen LogP contribution in [0.25, 0.3) is 0 Å². The Bertz CT molecular complexity index is 416. The van der Waals surface area contributed by atoms with Crippen molar-refractivity contribution in [2.45, 2.75) is 18.9 Å². The molecule has 4 nitrogen and oxygen atoms in total. The van der Waals surface area contributed by atoms with Gasteiger partial charge in [0.25, 0.3) is 0 Å². The lowest BCUT2D eigenvalue weighted by molar-refractivity contribution is -0.117. The molecule has 1 aromatic rings. The van der Waals surface area contributed by atoms with Crippen molar-refractivity contribution >= 4 is 11.6 Å². The van der Waals surface area contributed by atoms with E-state index in [4.69, 9.17) is 5.73 Å². The minimum absolute atomic E-state index is 0.115. The van der Waals surface area contributed by atoms with Crippen molar-refractivity contribution < 1.29 is 9.18 Å². The van der Waals surface area contributed by atoms with E-state index in [9.17, 15) is 9.18 Å². The third kappa shape index (κ3) is 3.78. The first-order chi connectivity index (χ1) is 8.63. The van der Waals surface area contributed by atoms with E-state index in [0.29, 0.717) is 12.2 Å². The lowest BCUT2D eigenvalue weighted by Crippen LogP contribution is -2.43. The van der Waals surface area contributed by atoms with E-state index in [1.165, 1.54) is 12.1 Å². The zero-order valence-corrected chi connectivity index (χ0v) is 10.2. The molecule has 1 heterocycles. The number of carbonyl (C=O) groups is 1. The molecule has 18 heavy (non-hydrogen) atoms. The van der Waals surface area contributed by atoms with Crippen molar-refractivity contribution in [3.8, 4) is 0 Å². The Balaban J connectivity index is 1.82. The Kier molecular flexibility index (Phi) is 4.28. The summed E-state index contributed by atoms with van der Waals surface area (Å²) in [7, 11) is 0. The van der Waals surface area contributed by atoms with Crippen LogP contribution in [0.3, 0.4) is 0 Å². The summed E-state index contributed by atoms with van der Waals surface area (Å²) in [6.07, 6.45) is 1.85. The normalized spacial score (nSPS) is 17.7. The molecule has 0 aromatic heterocycles. The van der Waals surface area contributed by atoms with Gasteiger partial charge in [-0.2, -0.15) is 0 Å². The highest BCUT2D eigenvalue weighted by molar-refractivity contribution is 5.92. The maximum atomic E-state index is 12.9. The van der Waals surface area contributed by atoms with Crippen molar-refractivity contribution in [3.63, 3.8) is 0 Å². The molecule has 1 fully saturated rings. The first-order valence-corrected chi connectivity index (χ1v) is 6.17. The fraction of sp³-hybridized carbons (Fsp3) is 0.462. The van der Waals surface area contributed by atoms with Crippen LogP contribution in [0.15, 0.2) is 24.3 Å². The van der Waals surface area contributed by atoms with Gasteiger partial charge in [-0.05, 0) is 31.0 Å². The van der Waals surface area contributed by atoms with Gasteiger partial charge >= 0.3 is 0 Å². The first-order valence-electron chi connectivity index (χ1n) is 6.17. The average Bonchev–Trinajstić information content (AvgIpc) is 2.32. The van der Waals surface area contributed by atoms with Crippen LogP contribution in [-0.4, -0.2) is 36.5 Å². The Labute approximate surface area is 106 Å². The number of benzene rings is 1. The molecule has 1 saturated heterocycles. The highest BCUT2D eigenvalue weighted by Crippen LogP contribution is 2.10. The number of nitrogens with two attached hydrogens (primary N) is 1. The molecule has 3 N–H and O–H groups in total. The Morgan fingerprint density at radius 2 is 2.17 bits per heavy atom. The van der Waals surface area contributed by atoms with Gasteiger partial charge in [0.1, 0.15) is 5.82 Å². The van der Waals surface area contributed by atoms with Gasteiger partial charge in [-0.3, -0.25) is 9.69 Å². The number of piperidine rings is 1. The molecule has 2 rings (SSSR count). The largest absolute Gasteiger partial charge is 0.328 e. The van der Waals surface area contributed by atoms with Crippen molar-refractivity contribution in [2.24, 2.45) is 5.73 Å². The van der Waals surface area contributed by atoms with Gasteiger partial charge in [0.2, 0.25) is 5.91 Å². The summed E-state index contributed by atoms with van der Waals surface area (Å²) < 4.78 is 12.9. The van der Waals surface area contributed by atoms with Gasteiger partial charge in [-0.15, -0.1) is 0 Å². The smallest absolute Gasteiger partial charge is 0.238 e. The zero-order chi connectivity index (χ0) is 13.0. The van der Waals surface area contributed by atoms with E-state index in [0.717, 1.165) is 25.9 Å². The van der Waals surface area contributed by atoms with Crippen LogP contribution in [-0.2, 0) is 4.79 Å². The first kappa shape index (κ1) is 13.0. The predicted molar refractivity (Wildman–Crippen MR) is 68.7 cm³/mol. The zero-order valence-electron chi connectivity index (χ0n) is 10.2. The molecular formula is C13H18FN3O. The number of halogens is 1. The second kappa shape index (κ2) is 5.93. The van der Waals surface area contributed by atoms with Crippen molar-refractivity contribution in [3.05, 3.63) is 30.1 Å². The highest BCUT2D eigenvalue weighted by Gasteiger charge is 2.18. The topological polar surface area (TPSA) is 58.4 Å². The van der Waals surface area contributed by atoms with Crippen molar-refractivity contribution in [1.82, 2.24) is 4.90 Å². The molecule has 0 aliphatic carbocycles. The number of hydrogen-bond acceptors (Lipinski definition) is 3. The molecule has 5 heteroatoms. The second-order valence-electron chi connectivity index (χ2n) is 4.67. The number of likely N-dealkylation sites (tertiary alicyclic amines) is 1. The molecule has 1 aliphatic heterocycles. The summed E-state index contributed by atoms with van der Waals surface area (Å²) >= 11 is 0. The number of carbonyl (C=O) groups excluding carboxylic acids is 1. The Morgan fingerprint density at radius 1 is 1.44 bits per heavy atom. The van der Waals surface area contributed by atoms with Gasteiger partial charge in [-0.25, -0.2) is 4.39 Å². The van der Waals surface area contributed by atoms with Crippen LogP contribution >= 0.6 is 0 Å². The number of amides is 1. The molecule has 1 aliphatic rings. The Morgan fingerprint density at radius 3 is 2.83 bits per heavy atom. The molecule has 1 amide bonds. The van der Waals surface area contributed by atoms with Crippen LogP contribution in [0.2, 0.25) is 0 Å². The third-order valence-electron chi connectivity index (χ3n) is 3.11. The van der Waals surface area contributed by atoms with Gasteiger partial charge in [0, 0.05) is 24.8 Å². The summed E-state index contributed by atoms with van der Waals surface area (Å²) in [5.74, 6) is -0.465. The number of nitrogens with zero attached hydrogens (tertiary/aromatic N) is 1. The van der Waals surface area contributed by atoms with E-state index < -0.39 is 0 Å². The summed E-state index contributed by atoms with van der Waals surface area (Å²) in [5, 5.41) is 2.69. The molecule has 0 bridgehead atoms. The summed E-state index contributed by atoms with van der Waals surface area (Å²) in [6, 6.07) is 6.16. The number of anilines is 1. The summed E-state index contributed by atoms with van der Waals surface area (Å²) in [4.78, 5) is 13.8. The van der Waals surface area contributed by atoms with Crippen molar-refractivity contribution in [2.75, 3.05) is 25.0 Å². The summed E-state index contributed by atoms with van der Waals surface area (Å²) in [5.41, 5.74) is 6.29. The molecular weight excluding hydrogens is 233 g/mol. The maximum Gasteiger partial charge on any atom is 0.238 e. The van der Waals surface area contributed by atoms with E-state index in [2.05, 4.69) is 10.2 Å². The minimum Gasteiger partial charge on any atom is -0.328 e. The molecule has 0 radical (unpaired) electrons.